The van der Waals surface area contributed by atoms with Crippen LogP contribution in [0.2, 0.25) is 0 Å². The van der Waals surface area contributed by atoms with E-state index in [0.717, 1.165) is 0 Å². The Morgan fingerprint density at radius 1 is 1.18 bits per heavy atom. The van der Waals surface area contributed by atoms with E-state index >= 15 is 0 Å². The van der Waals surface area contributed by atoms with Crippen LogP contribution in [0.3, 0.4) is 0 Å². The van der Waals surface area contributed by atoms with E-state index in [1.165, 1.54) is 17.3 Å². The number of hydrogen-bond acceptors (Lipinski definition) is 4. The van der Waals surface area contributed by atoms with Crippen molar-refractivity contribution in [3.8, 4) is 6.07 Å². The summed E-state index contributed by atoms with van der Waals surface area (Å²) < 4.78 is 0. The molecule has 110 valence electrons. The number of amides is 1. The first-order chi connectivity index (χ1) is 10.6. The average Bonchev–Trinajstić information content (AvgIpc) is 2.55. The van der Waals surface area contributed by atoms with Crippen LogP contribution in [0.1, 0.15) is 22.3 Å². The van der Waals surface area contributed by atoms with Gasteiger partial charge in [0.25, 0.3) is 5.91 Å². The number of carbonyl (C=O) groups is 2. The van der Waals surface area contributed by atoms with E-state index in [1.807, 2.05) is 6.07 Å². The molecule has 2 rings (SSSR count). The maximum atomic E-state index is 12.6. The number of para-hydroxylation sites is 1. The molecule has 0 bridgehead atoms. The summed E-state index contributed by atoms with van der Waals surface area (Å²) in [5.74, 6) is -1.38. The van der Waals surface area contributed by atoms with Crippen LogP contribution < -0.4 is 4.90 Å². The Balaban J connectivity index is 2.41. The van der Waals surface area contributed by atoms with Gasteiger partial charge in [0, 0.05) is 24.5 Å². The minimum atomic E-state index is -1.01. The number of carbonyl (C=O) groups excluding carboxylic acids is 1. The lowest BCUT2D eigenvalue weighted by atomic mass is 10.1. The fourth-order valence-electron chi connectivity index (χ4n) is 1.99. The van der Waals surface area contributed by atoms with E-state index in [-0.39, 0.29) is 18.9 Å². The van der Waals surface area contributed by atoms with Crippen molar-refractivity contribution in [2.45, 2.75) is 6.42 Å². The molecule has 0 unspecified atom stereocenters. The van der Waals surface area contributed by atoms with Gasteiger partial charge in [-0.25, -0.2) is 0 Å². The topological polar surface area (TPSA) is 94.3 Å². The highest BCUT2D eigenvalue weighted by Gasteiger charge is 2.20. The summed E-state index contributed by atoms with van der Waals surface area (Å²) in [7, 11) is 0. The molecular weight excluding hydrogens is 282 g/mol. The minimum absolute atomic E-state index is 0.0187. The molecule has 0 atom stereocenters. The molecule has 2 aromatic rings. The first-order valence-corrected chi connectivity index (χ1v) is 6.56. The van der Waals surface area contributed by atoms with Gasteiger partial charge in [0.2, 0.25) is 0 Å². The predicted octanol–water partition coefficient (Wildman–Crippen LogP) is 2.07. The Morgan fingerprint density at radius 3 is 2.50 bits per heavy atom. The Kier molecular flexibility index (Phi) is 4.83. The largest absolute Gasteiger partial charge is 0.481 e. The molecule has 0 spiro atoms. The van der Waals surface area contributed by atoms with Crippen LogP contribution >= 0.6 is 0 Å². The Labute approximate surface area is 127 Å². The molecule has 0 aliphatic carbocycles. The molecule has 22 heavy (non-hydrogen) atoms. The van der Waals surface area contributed by atoms with Crippen molar-refractivity contribution in [2.75, 3.05) is 11.4 Å². The Hall–Kier alpha value is -3.20. The monoisotopic (exact) mass is 295 g/mol. The van der Waals surface area contributed by atoms with E-state index in [9.17, 15) is 14.9 Å². The summed E-state index contributed by atoms with van der Waals surface area (Å²) in [5.41, 5.74) is 1.09. The quantitative estimate of drug-likeness (QED) is 0.911. The van der Waals surface area contributed by atoms with Gasteiger partial charge in [0.1, 0.15) is 6.07 Å². The van der Waals surface area contributed by atoms with Crippen LogP contribution in [0.4, 0.5) is 5.69 Å². The molecule has 1 N–H and O–H groups in total. The highest BCUT2D eigenvalue weighted by atomic mass is 16.4. The number of carboxylic acids is 1. The van der Waals surface area contributed by atoms with Gasteiger partial charge >= 0.3 is 5.97 Å². The van der Waals surface area contributed by atoms with Crippen molar-refractivity contribution < 1.29 is 14.7 Å². The second-order valence-electron chi connectivity index (χ2n) is 4.47. The van der Waals surface area contributed by atoms with Gasteiger partial charge in [-0.2, -0.15) is 5.26 Å². The van der Waals surface area contributed by atoms with Crippen molar-refractivity contribution in [1.82, 2.24) is 4.98 Å². The second-order valence-corrected chi connectivity index (χ2v) is 4.47. The average molecular weight is 295 g/mol. The van der Waals surface area contributed by atoms with E-state index in [0.29, 0.717) is 16.8 Å². The minimum Gasteiger partial charge on any atom is -0.481 e. The number of nitrogens with zero attached hydrogens (tertiary/aromatic N) is 3. The summed E-state index contributed by atoms with van der Waals surface area (Å²) in [6.45, 7) is -0.0187. The number of nitriles is 1. The summed E-state index contributed by atoms with van der Waals surface area (Å²) in [6, 6.07) is 11.7. The lowest BCUT2D eigenvalue weighted by Gasteiger charge is -2.23. The summed E-state index contributed by atoms with van der Waals surface area (Å²) >= 11 is 0. The zero-order chi connectivity index (χ0) is 15.9. The molecule has 0 aliphatic heterocycles. The van der Waals surface area contributed by atoms with Crippen molar-refractivity contribution in [2.24, 2.45) is 0 Å². The fourth-order valence-corrected chi connectivity index (χ4v) is 1.99. The van der Waals surface area contributed by atoms with Crippen LogP contribution in [-0.2, 0) is 4.79 Å². The lowest BCUT2D eigenvalue weighted by molar-refractivity contribution is -0.136. The van der Waals surface area contributed by atoms with E-state index in [2.05, 4.69) is 4.98 Å². The number of anilines is 1. The van der Waals surface area contributed by atoms with Gasteiger partial charge in [-0.15, -0.1) is 0 Å². The van der Waals surface area contributed by atoms with Gasteiger partial charge in [-0.3, -0.25) is 14.6 Å². The molecule has 6 heteroatoms. The zero-order valence-corrected chi connectivity index (χ0v) is 11.6. The van der Waals surface area contributed by atoms with Crippen molar-refractivity contribution >= 4 is 17.6 Å². The van der Waals surface area contributed by atoms with E-state index < -0.39 is 5.97 Å². The third-order valence-corrected chi connectivity index (χ3v) is 3.04. The standard InChI is InChI=1S/C16H13N3O3/c17-11-13-3-1-2-4-14(13)19(10-7-15(20)21)16(22)12-5-8-18-9-6-12/h1-6,8-9H,7,10H2,(H,20,21). The number of carboxylic acid groups (broad SMARTS) is 1. The van der Waals surface area contributed by atoms with Crippen molar-refractivity contribution in [3.05, 3.63) is 59.9 Å². The maximum Gasteiger partial charge on any atom is 0.305 e. The normalized spacial score (nSPS) is 9.77. The van der Waals surface area contributed by atoms with Crippen LogP contribution in [0.5, 0.6) is 0 Å². The molecule has 1 heterocycles. The number of hydrogen-bond donors (Lipinski definition) is 1. The third kappa shape index (κ3) is 3.46. The van der Waals surface area contributed by atoms with Gasteiger partial charge in [0.15, 0.2) is 0 Å². The van der Waals surface area contributed by atoms with Crippen LogP contribution in [0.15, 0.2) is 48.8 Å². The molecule has 6 nitrogen and oxygen atoms in total. The first-order valence-electron chi connectivity index (χ1n) is 6.56. The van der Waals surface area contributed by atoms with Crippen molar-refractivity contribution in [3.63, 3.8) is 0 Å². The summed E-state index contributed by atoms with van der Waals surface area (Å²) in [6.07, 6.45) is 2.76. The molecule has 1 amide bonds. The second kappa shape index (κ2) is 6.99. The molecule has 0 saturated carbocycles. The Morgan fingerprint density at radius 2 is 1.86 bits per heavy atom. The van der Waals surface area contributed by atoms with E-state index in [1.54, 1.807) is 36.4 Å². The molecule has 0 saturated heterocycles. The number of benzene rings is 1. The SMILES string of the molecule is N#Cc1ccccc1N(CCC(=O)O)C(=O)c1ccncc1. The van der Waals surface area contributed by atoms with Gasteiger partial charge in [-0.1, -0.05) is 12.1 Å². The number of rotatable bonds is 5. The van der Waals surface area contributed by atoms with Gasteiger partial charge in [-0.05, 0) is 24.3 Å². The highest BCUT2D eigenvalue weighted by molar-refractivity contribution is 6.06. The van der Waals surface area contributed by atoms with Gasteiger partial charge < -0.3 is 10.0 Å². The number of pyridine rings is 1. The fraction of sp³-hybridized carbons (Fsp3) is 0.125. The lowest BCUT2D eigenvalue weighted by Crippen LogP contribution is -2.33. The van der Waals surface area contributed by atoms with Crippen LogP contribution in [0.25, 0.3) is 0 Å². The number of aromatic nitrogens is 1. The first kappa shape index (κ1) is 15.2. The highest BCUT2D eigenvalue weighted by Crippen LogP contribution is 2.22. The number of aliphatic carboxylic acids is 1. The smallest absolute Gasteiger partial charge is 0.305 e. The summed E-state index contributed by atoms with van der Waals surface area (Å²) in [5, 5.41) is 18.1. The van der Waals surface area contributed by atoms with Crippen LogP contribution in [-0.4, -0.2) is 28.5 Å². The predicted molar refractivity (Wildman–Crippen MR) is 79.3 cm³/mol. The molecule has 0 aliphatic rings. The molecule has 1 aromatic heterocycles. The molecular formula is C16H13N3O3. The maximum absolute atomic E-state index is 12.6. The van der Waals surface area contributed by atoms with E-state index in [4.69, 9.17) is 5.11 Å². The van der Waals surface area contributed by atoms with Gasteiger partial charge in [0.05, 0.1) is 17.7 Å². The zero-order valence-electron chi connectivity index (χ0n) is 11.6. The van der Waals surface area contributed by atoms with Crippen molar-refractivity contribution in [1.29, 1.82) is 5.26 Å². The van der Waals surface area contributed by atoms with Crippen LogP contribution in [0, 0.1) is 11.3 Å². The summed E-state index contributed by atoms with van der Waals surface area (Å²) in [4.78, 5) is 28.6. The molecule has 1 aromatic carbocycles. The molecule has 0 radical (unpaired) electrons. The molecule has 0 fully saturated rings. The third-order valence-electron chi connectivity index (χ3n) is 3.04. The Bertz CT molecular complexity index is 723.